The summed E-state index contributed by atoms with van der Waals surface area (Å²) in [5.74, 6) is -0.107. The monoisotopic (exact) mass is 280 g/mol. The predicted octanol–water partition coefficient (Wildman–Crippen LogP) is 3.11. The van der Waals surface area contributed by atoms with E-state index in [1.54, 1.807) is 13.2 Å². The van der Waals surface area contributed by atoms with Crippen molar-refractivity contribution in [3.05, 3.63) is 29.6 Å². The molecule has 0 bridgehead atoms. The molecular formula is C16H25FN2O. The Labute approximate surface area is 121 Å². The molecule has 20 heavy (non-hydrogen) atoms. The summed E-state index contributed by atoms with van der Waals surface area (Å²) in [7, 11) is 1.68. The highest BCUT2D eigenvalue weighted by atomic mass is 19.1. The summed E-state index contributed by atoms with van der Waals surface area (Å²) in [6.45, 7) is 5.42. The maximum Gasteiger partial charge on any atom is 0.146 e. The molecular weight excluding hydrogens is 255 g/mol. The van der Waals surface area contributed by atoms with Gasteiger partial charge >= 0.3 is 0 Å². The normalized spacial score (nSPS) is 17.2. The molecule has 0 unspecified atom stereocenters. The minimum Gasteiger partial charge on any atom is -0.383 e. The first-order chi connectivity index (χ1) is 9.72. The number of rotatable bonds is 6. The molecule has 3 nitrogen and oxygen atoms in total. The van der Waals surface area contributed by atoms with Gasteiger partial charge in [0.1, 0.15) is 5.82 Å². The zero-order valence-electron chi connectivity index (χ0n) is 12.5. The molecule has 1 saturated heterocycles. The lowest BCUT2D eigenvalue weighted by atomic mass is 10.1. The average Bonchev–Trinajstić information content (AvgIpc) is 2.48. The van der Waals surface area contributed by atoms with E-state index in [0.29, 0.717) is 6.61 Å². The number of halogens is 1. The minimum atomic E-state index is -0.107. The van der Waals surface area contributed by atoms with Crippen LogP contribution in [-0.4, -0.2) is 33.4 Å². The molecule has 1 fully saturated rings. The van der Waals surface area contributed by atoms with Crippen LogP contribution in [0.1, 0.15) is 37.8 Å². The average molecular weight is 280 g/mol. The molecule has 0 radical (unpaired) electrons. The molecule has 1 aliphatic heterocycles. The summed E-state index contributed by atoms with van der Waals surface area (Å²) in [4.78, 5) is 2.16. The molecule has 1 aliphatic rings. The summed E-state index contributed by atoms with van der Waals surface area (Å²) in [6.07, 6.45) is 3.59. The van der Waals surface area contributed by atoms with Crippen LogP contribution in [0.15, 0.2) is 18.2 Å². The Kier molecular flexibility index (Phi) is 5.80. The lowest BCUT2D eigenvalue weighted by Gasteiger charge is -2.29. The van der Waals surface area contributed by atoms with Crippen molar-refractivity contribution in [1.82, 2.24) is 5.32 Å². The second kappa shape index (κ2) is 7.60. The number of hydrogen-bond donors (Lipinski definition) is 1. The summed E-state index contributed by atoms with van der Waals surface area (Å²) >= 11 is 0. The molecule has 1 aromatic carbocycles. The number of nitrogens with zero attached hydrogens (tertiary/aromatic N) is 1. The van der Waals surface area contributed by atoms with Crippen LogP contribution >= 0.6 is 0 Å². The Morgan fingerprint density at radius 3 is 2.70 bits per heavy atom. The Morgan fingerprint density at radius 2 is 2.05 bits per heavy atom. The van der Waals surface area contributed by atoms with Crippen LogP contribution in [0.25, 0.3) is 0 Å². The smallest absolute Gasteiger partial charge is 0.146 e. The number of anilines is 1. The maximum absolute atomic E-state index is 14.3. The van der Waals surface area contributed by atoms with Crippen molar-refractivity contribution >= 4 is 5.69 Å². The quantitative estimate of drug-likeness (QED) is 0.810. The third-order valence-electron chi connectivity index (χ3n) is 3.93. The zero-order valence-corrected chi connectivity index (χ0v) is 12.5. The van der Waals surface area contributed by atoms with Crippen molar-refractivity contribution < 1.29 is 9.13 Å². The van der Waals surface area contributed by atoms with Gasteiger partial charge in [0.05, 0.1) is 12.3 Å². The SMILES string of the molecule is COCCN[C@@H](C)c1ccc(N2CCCCC2)c(F)c1. The summed E-state index contributed by atoms with van der Waals surface area (Å²) in [5.41, 5.74) is 1.73. The number of nitrogens with one attached hydrogen (secondary N) is 1. The van der Waals surface area contributed by atoms with Crippen LogP contribution in [0.3, 0.4) is 0 Å². The van der Waals surface area contributed by atoms with Gasteiger partial charge in [0.25, 0.3) is 0 Å². The van der Waals surface area contributed by atoms with Gasteiger partial charge < -0.3 is 15.0 Å². The van der Waals surface area contributed by atoms with Gasteiger partial charge in [-0.2, -0.15) is 0 Å². The number of piperidine rings is 1. The van der Waals surface area contributed by atoms with Crippen LogP contribution in [0.2, 0.25) is 0 Å². The van der Waals surface area contributed by atoms with Crippen molar-refractivity contribution in [1.29, 1.82) is 0 Å². The van der Waals surface area contributed by atoms with E-state index in [4.69, 9.17) is 4.74 Å². The Balaban J connectivity index is 2.01. The second-order valence-electron chi connectivity index (χ2n) is 5.43. The number of benzene rings is 1. The first-order valence-electron chi connectivity index (χ1n) is 7.49. The van der Waals surface area contributed by atoms with E-state index in [0.717, 1.165) is 43.7 Å². The van der Waals surface area contributed by atoms with E-state index in [9.17, 15) is 4.39 Å². The van der Waals surface area contributed by atoms with Crippen molar-refractivity contribution in [3.8, 4) is 0 Å². The van der Waals surface area contributed by atoms with E-state index in [1.807, 2.05) is 19.1 Å². The third-order valence-corrected chi connectivity index (χ3v) is 3.93. The molecule has 0 saturated carbocycles. The summed E-state index contributed by atoms with van der Waals surface area (Å²) < 4.78 is 19.3. The molecule has 112 valence electrons. The van der Waals surface area contributed by atoms with Crippen LogP contribution in [0, 0.1) is 5.82 Å². The number of methoxy groups -OCH3 is 1. The molecule has 0 spiro atoms. The highest BCUT2D eigenvalue weighted by Gasteiger charge is 2.16. The van der Waals surface area contributed by atoms with Crippen molar-refractivity contribution in [2.45, 2.75) is 32.2 Å². The van der Waals surface area contributed by atoms with Crippen LogP contribution in [-0.2, 0) is 4.74 Å². The summed E-state index contributed by atoms with van der Waals surface area (Å²) in [6, 6.07) is 5.74. The molecule has 0 aliphatic carbocycles. The standard InChI is InChI=1S/C16H25FN2O/c1-13(18-8-11-20-2)14-6-7-16(15(17)12-14)19-9-4-3-5-10-19/h6-7,12-13,18H,3-5,8-11H2,1-2H3/t13-/m0/s1. The fourth-order valence-corrected chi connectivity index (χ4v) is 2.68. The van der Waals surface area contributed by atoms with Crippen molar-refractivity contribution in [2.24, 2.45) is 0 Å². The largest absolute Gasteiger partial charge is 0.383 e. The molecule has 0 amide bonds. The molecule has 1 atom stereocenters. The minimum absolute atomic E-state index is 0.107. The van der Waals surface area contributed by atoms with Gasteiger partial charge in [0.15, 0.2) is 0 Å². The van der Waals surface area contributed by atoms with E-state index in [1.165, 1.54) is 6.42 Å². The zero-order chi connectivity index (χ0) is 14.4. The van der Waals surface area contributed by atoms with E-state index >= 15 is 0 Å². The molecule has 1 N–H and O–H groups in total. The Morgan fingerprint density at radius 1 is 1.30 bits per heavy atom. The van der Waals surface area contributed by atoms with Gasteiger partial charge in [-0.3, -0.25) is 0 Å². The van der Waals surface area contributed by atoms with Crippen molar-refractivity contribution in [3.63, 3.8) is 0 Å². The van der Waals surface area contributed by atoms with E-state index < -0.39 is 0 Å². The second-order valence-corrected chi connectivity index (χ2v) is 5.43. The fraction of sp³-hybridized carbons (Fsp3) is 0.625. The van der Waals surface area contributed by atoms with Gasteiger partial charge in [0, 0.05) is 32.8 Å². The van der Waals surface area contributed by atoms with Crippen LogP contribution < -0.4 is 10.2 Å². The van der Waals surface area contributed by atoms with Gasteiger partial charge in [-0.15, -0.1) is 0 Å². The van der Waals surface area contributed by atoms with Crippen molar-refractivity contribution in [2.75, 3.05) is 38.3 Å². The topological polar surface area (TPSA) is 24.5 Å². The van der Waals surface area contributed by atoms with Gasteiger partial charge in [-0.1, -0.05) is 6.07 Å². The molecule has 4 heteroatoms. The van der Waals surface area contributed by atoms with Crippen LogP contribution in [0.5, 0.6) is 0 Å². The Hall–Kier alpha value is -1.13. The number of hydrogen-bond acceptors (Lipinski definition) is 3. The lowest BCUT2D eigenvalue weighted by molar-refractivity contribution is 0.196. The molecule has 0 aromatic heterocycles. The Bertz CT molecular complexity index is 419. The first kappa shape index (κ1) is 15.3. The highest BCUT2D eigenvalue weighted by molar-refractivity contribution is 5.49. The predicted molar refractivity (Wildman–Crippen MR) is 80.8 cm³/mol. The van der Waals surface area contributed by atoms with E-state index in [2.05, 4.69) is 10.2 Å². The van der Waals surface area contributed by atoms with Gasteiger partial charge in [0.2, 0.25) is 0 Å². The van der Waals surface area contributed by atoms with Crippen LogP contribution in [0.4, 0.5) is 10.1 Å². The first-order valence-corrected chi connectivity index (χ1v) is 7.49. The lowest BCUT2D eigenvalue weighted by Crippen LogP contribution is -2.30. The van der Waals surface area contributed by atoms with E-state index in [-0.39, 0.29) is 11.9 Å². The molecule has 1 heterocycles. The van der Waals surface area contributed by atoms with Gasteiger partial charge in [-0.05, 0) is 43.9 Å². The fourth-order valence-electron chi connectivity index (χ4n) is 2.68. The molecule has 1 aromatic rings. The summed E-state index contributed by atoms with van der Waals surface area (Å²) in [5, 5.41) is 3.32. The number of ether oxygens (including phenoxy) is 1. The highest BCUT2D eigenvalue weighted by Crippen LogP contribution is 2.26. The van der Waals surface area contributed by atoms with Gasteiger partial charge in [-0.25, -0.2) is 4.39 Å². The third kappa shape index (κ3) is 3.93. The maximum atomic E-state index is 14.3. The molecule has 2 rings (SSSR count).